The highest BCUT2D eigenvalue weighted by Gasteiger charge is 1.98. The van der Waals surface area contributed by atoms with Gasteiger partial charge < -0.3 is 4.98 Å². The van der Waals surface area contributed by atoms with Crippen LogP contribution in [0.25, 0.3) is 11.0 Å². The van der Waals surface area contributed by atoms with Crippen molar-refractivity contribution in [3.05, 3.63) is 39.8 Å². The number of aryl methyl sites for hydroxylation is 2. The quantitative estimate of drug-likeness (QED) is 0.658. The van der Waals surface area contributed by atoms with Crippen molar-refractivity contribution < 1.29 is 0 Å². The minimum atomic E-state index is -0.0659. The van der Waals surface area contributed by atoms with E-state index in [0.29, 0.717) is 5.65 Å². The Balaban J connectivity index is 2.89. The van der Waals surface area contributed by atoms with Gasteiger partial charge in [0.25, 0.3) is 5.56 Å². The van der Waals surface area contributed by atoms with Gasteiger partial charge in [0.05, 0.1) is 0 Å². The Morgan fingerprint density at radius 1 is 1.31 bits per heavy atom. The number of aromatic amines is 1. The third-order valence-electron chi connectivity index (χ3n) is 2.02. The number of fused-ring (bicyclic) bond motifs is 1. The van der Waals surface area contributed by atoms with E-state index in [1.54, 1.807) is 13.1 Å². The van der Waals surface area contributed by atoms with E-state index in [2.05, 4.69) is 9.97 Å². The lowest BCUT2D eigenvalue weighted by Gasteiger charge is -1.98. The smallest absolute Gasteiger partial charge is 0.252 e. The van der Waals surface area contributed by atoms with Crippen LogP contribution in [0.1, 0.15) is 11.1 Å². The molecule has 2 aromatic rings. The van der Waals surface area contributed by atoms with Crippen molar-refractivity contribution in [2.24, 2.45) is 0 Å². The van der Waals surface area contributed by atoms with Gasteiger partial charge in [-0.25, -0.2) is 4.98 Å². The Labute approximate surface area is 75.4 Å². The number of nitrogens with zero attached hydrogens (tertiary/aromatic N) is 1. The monoisotopic (exact) mass is 174 g/mol. The molecule has 2 aromatic heterocycles. The topological polar surface area (TPSA) is 45.8 Å². The summed E-state index contributed by atoms with van der Waals surface area (Å²) < 4.78 is 0. The fourth-order valence-corrected chi connectivity index (χ4v) is 1.31. The zero-order valence-corrected chi connectivity index (χ0v) is 7.59. The van der Waals surface area contributed by atoms with Crippen LogP contribution in [0.2, 0.25) is 0 Å². The molecule has 0 saturated heterocycles. The molecule has 66 valence electrons. The van der Waals surface area contributed by atoms with Crippen LogP contribution < -0.4 is 5.56 Å². The van der Waals surface area contributed by atoms with Crippen molar-refractivity contribution >= 4 is 11.0 Å². The molecule has 0 aromatic carbocycles. The molecule has 1 N–H and O–H groups in total. The molecule has 0 spiro atoms. The second kappa shape index (κ2) is 2.69. The van der Waals surface area contributed by atoms with Crippen LogP contribution in [0, 0.1) is 13.8 Å². The molecule has 2 rings (SSSR count). The largest absolute Gasteiger partial charge is 0.306 e. The highest BCUT2D eigenvalue weighted by molar-refractivity contribution is 5.75. The molecule has 0 saturated carbocycles. The van der Waals surface area contributed by atoms with Crippen molar-refractivity contribution in [3.63, 3.8) is 0 Å². The highest BCUT2D eigenvalue weighted by atomic mass is 16.1. The Kier molecular flexibility index (Phi) is 1.65. The lowest BCUT2D eigenvalue weighted by atomic mass is 10.2. The minimum absolute atomic E-state index is 0.0659. The third-order valence-corrected chi connectivity index (χ3v) is 2.02. The Morgan fingerprint density at radius 2 is 2.08 bits per heavy atom. The van der Waals surface area contributed by atoms with Crippen molar-refractivity contribution in [1.82, 2.24) is 9.97 Å². The molecule has 0 aliphatic heterocycles. The standard InChI is InChI=1S/C10H10N2O/c1-6-3-8-4-7(2)10(13)12-9(8)11-5-6/h3-5H,1-2H3,(H,11,12,13). The van der Waals surface area contributed by atoms with Gasteiger partial charge in [0.1, 0.15) is 5.65 Å². The summed E-state index contributed by atoms with van der Waals surface area (Å²) in [6, 6.07) is 3.86. The van der Waals surface area contributed by atoms with E-state index in [1.165, 1.54) is 0 Å². The van der Waals surface area contributed by atoms with Crippen molar-refractivity contribution in [2.75, 3.05) is 0 Å². The van der Waals surface area contributed by atoms with E-state index in [9.17, 15) is 4.79 Å². The van der Waals surface area contributed by atoms with Gasteiger partial charge in [-0.15, -0.1) is 0 Å². The summed E-state index contributed by atoms with van der Waals surface area (Å²) in [7, 11) is 0. The van der Waals surface area contributed by atoms with Gasteiger partial charge in [-0.1, -0.05) is 0 Å². The van der Waals surface area contributed by atoms with Crippen LogP contribution in [0.15, 0.2) is 23.1 Å². The molecule has 0 fully saturated rings. The number of rotatable bonds is 0. The molecule has 0 amide bonds. The maximum absolute atomic E-state index is 11.2. The molecule has 2 heterocycles. The predicted octanol–water partition coefficient (Wildman–Crippen LogP) is 1.54. The number of hydrogen-bond donors (Lipinski definition) is 1. The highest BCUT2D eigenvalue weighted by Crippen LogP contribution is 2.09. The molecule has 3 nitrogen and oxygen atoms in total. The Hall–Kier alpha value is -1.64. The van der Waals surface area contributed by atoms with E-state index in [1.807, 2.05) is 19.1 Å². The van der Waals surface area contributed by atoms with Gasteiger partial charge >= 0.3 is 0 Å². The van der Waals surface area contributed by atoms with E-state index >= 15 is 0 Å². The molecule has 0 bridgehead atoms. The number of pyridine rings is 2. The van der Waals surface area contributed by atoms with Crippen LogP contribution in [0.3, 0.4) is 0 Å². The van der Waals surface area contributed by atoms with E-state index in [4.69, 9.17) is 0 Å². The van der Waals surface area contributed by atoms with Crippen LogP contribution in [-0.4, -0.2) is 9.97 Å². The Bertz CT molecular complexity index is 514. The average Bonchev–Trinajstić information content (AvgIpc) is 2.08. The number of H-pyrrole nitrogens is 1. The van der Waals surface area contributed by atoms with E-state index in [-0.39, 0.29) is 5.56 Å². The van der Waals surface area contributed by atoms with Gasteiger partial charge in [-0.2, -0.15) is 0 Å². The zero-order valence-electron chi connectivity index (χ0n) is 7.59. The fraction of sp³-hybridized carbons (Fsp3) is 0.200. The first-order valence-electron chi connectivity index (χ1n) is 4.13. The molecular weight excluding hydrogens is 164 g/mol. The lowest BCUT2D eigenvalue weighted by molar-refractivity contribution is 1.18. The summed E-state index contributed by atoms with van der Waals surface area (Å²) in [4.78, 5) is 18.1. The predicted molar refractivity (Wildman–Crippen MR) is 51.8 cm³/mol. The first-order valence-corrected chi connectivity index (χ1v) is 4.13. The molecule has 0 radical (unpaired) electrons. The van der Waals surface area contributed by atoms with Gasteiger partial charge in [-0.3, -0.25) is 4.79 Å². The van der Waals surface area contributed by atoms with Gasteiger partial charge in [0.2, 0.25) is 0 Å². The second-order valence-corrected chi connectivity index (χ2v) is 3.23. The molecule has 0 aliphatic carbocycles. The summed E-state index contributed by atoms with van der Waals surface area (Å²) in [5.74, 6) is 0. The lowest BCUT2D eigenvalue weighted by Crippen LogP contribution is -2.09. The number of nitrogens with one attached hydrogen (secondary N) is 1. The second-order valence-electron chi connectivity index (χ2n) is 3.23. The van der Waals surface area contributed by atoms with Crippen molar-refractivity contribution in [3.8, 4) is 0 Å². The normalized spacial score (nSPS) is 10.6. The van der Waals surface area contributed by atoms with Gasteiger partial charge in [-0.05, 0) is 31.5 Å². The minimum Gasteiger partial charge on any atom is -0.306 e. The van der Waals surface area contributed by atoms with Crippen molar-refractivity contribution in [2.45, 2.75) is 13.8 Å². The first kappa shape index (κ1) is 7.98. The summed E-state index contributed by atoms with van der Waals surface area (Å²) in [6.45, 7) is 3.77. The Morgan fingerprint density at radius 3 is 2.85 bits per heavy atom. The summed E-state index contributed by atoms with van der Waals surface area (Å²) in [6.07, 6.45) is 1.74. The maximum Gasteiger partial charge on any atom is 0.252 e. The summed E-state index contributed by atoms with van der Waals surface area (Å²) in [5.41, 5.74) is 2.41. The zero-order chi connectivity index (χ0) is 9.42. The number of aromatic nitrogens is 2. The van der Waals surface area contributed by atoms with E-state index in [0.717, 1.165) is 16.5 Å². The summed E-state index contributed by atoms with van der Waals surface area (Å²) >= 11 is 0. The van der Waals surface area contributed by atoms with Crippen LogP contribution in [0.5, 0.6) is 0 Å². The fourth-order valence-electron chi connectivity index (χ4n) is 1.31. The van der Waals surface area contributed by atoms with Gasteiger partial charge in [0.15, 0.2) is 0 Å². The van der Waals surface area contributed by atoms with Gasteiger partial charge in [0, 0.05) is 17.1 Å². The maximum atomic E-state index is 11.2. The van der Waals surface area contributed by atoms with Crippen molar-refractivity contribution in [1.29, 1.82) is 0 Å². The first-order chi connectivity index (χ1) is 6.16. The molecule has 13 heavy (non-hydrogen) atoms. The SMILES string of the molecule is Cc1cnc2[nH]c(=O)c(C)cc2c1. The molecule has 3 heteroatoms. The van der Waals surface area contributed by atoms with Crippen LogP contribution in [0.4, 0.5) is 0 Å². The molecule has 0 unspecified atom stereocenters. The third kappa shape index (κ3) is 1.33. The average molecular weight is 174 g/mol. The summed E-state index contributed by atoms with van der Waals surface area (Å²) in [5, 5.41) is 0.983. The molecular formula is C10H10N2O. The van der Waals surface area contributed by atoms with Crippen LogP contribution in [-0.2, 0) is 0 Å². The van der Waals surface area contributed by atoms with E-state index < -0.39 is 0 Å². The molecule has 0 aliphatic rings. The molecule has 0 atom stereocenters. The number of hydrogen-bond acceptors (Lipinski definition) is 2. The van der Waals surface area contributed by atoms with Crippen LogP contribution >= 0.6 is 0 Å².